The van der Waals surface area contributed by atoms with Gasteiger partial charge in [0.1, 0.15) is 5.54 Å². The highest BCUT2D eigenvalue weighted by Crippen LogP contribution is 2.21. The number of esters is 1. The number of Topliss-reactive ketones (excluding diaryl/α,β-unsaturated/α-hetero) is 1. The first kappa shape index (κ1) is 17.7. The lowest BCUT2D eigenvalue weighted by Gasteiger charge is -2.15. The Morgan fingerprint density at radius 1 is 1.21 bits per heavy atom. The highest BCUT2D eigenvalue weighted by molar-refractivity contribution is 6.11. The summed E-state index contributed by atoms with van der Waals surface area (Å²) in [5.74, 6) is -1.43. The van der Waals surface area contributed by atoms with E-state index in [0.29, 0.717) is 16.8 Å². The number of ketones is 1. The molecular weight excluding hydrogens is 314 g/mol. The van der Waals surface area contributed by atoms with E-state index in [-0.39, 0.29) is 12.3 Å². The molecule has 0 radical (unpaired) electrons. The van der Waals surface area contributed by atoms with Gasteiger partial charge in [0.15, 0.2) is 5.78 Å². The summed E-state index contributed by atoms with van der Waals surface area (Å²) in [5, 5.41) is 2.52. The Hall–Kier alpha value is -2.64. The van der Waals surface area contributed by atoms with Crippen molar-refractivity contribution in [3.63, 3.8) is 0 Å². The van der Waals surface area contributed by atoms with Crippen LogP contribution in [-0.2, 0) is 9.53 Å². The summed E-state index contributed by atoms with van der Waals surface area (Å²) in [7, 11) is 0. The highest BCUT2D eigenvalue weighted by Gasteiger charge is 2.45. The van der Waals surface area contributed by atoms with Crippen LogP contribution in [-0.4, -0.2) is 52.3 Å². The lowest BCUT2D eigenvalue weighted by molar-refractivity contribution is -0.129. The molecule has 2 rings (SSSR count). The van der Waals surface area contributed by atoms with Crippen molar-refractivity contribution >= 4 is 23.7 Å². The number of hydrogen-bond acceptors (Lipinski definition) is 5. The van der Waals surface area contributed by atoms with Gasteiger partial charge in [-0.05, 0) is 40.2 Å². The smallest absolute Gasteiger partial charge is 0.340 e. The van der Waals surface area contributed by atoms with Crippen LogP contribution in [0.1, 0.15) is 52.9 Å². The van der Waals surface area contributed by atoms with Crippen LogP contribution < -0.4 is 5.32 Å². The van der Waals surface area contributed by atoms with Gasteiger partial charge in [0.2, 0.25) is 0 Å². The molecule has 24 heavy (non-hydrogen) atoms. The van der Waals surface area contributed by atoms with E-state index >= 15 is 0 Å². The maximum absolute atomic E-state index is 12.5. The maximum atomic E-state index is 12.5. The van der Waals surface area contributed by atoms with Gasteiger partial charge in [0.25, 0.3) is 5.91 Å². The predicted molar refractivity (Wildman–Crippen MR) is 84.9 cm³/mol. The molecule has 0 spiro atoms. The minimum atomic E-state index is -1.03. The first-order valence-electron chi connectivity index (χ1n) is 7.63. The second kappa shape index (κ2) is 6.10. The monoisotopic (exact) mass is 335 g/mol. The molecule has 1 saturated heterocycles. The van der Waals surface area contributed by atoms with Crippen molar-refractivity contribution in [3.05, 3.63) is 22.5 Å². The van der Waals surface area contributed by atoms with Gasteiger partial charge in [-0.1, -0.05) is 0 Å². The van der Waals surface area contributed by atoms with Crippen LogP contribution >= 0.6 is 0 Å². The molecule has 0 saturated carbocycles. The zero-order chi connectivity index (χ0) is 18.2. The Kier molecular flexibility index (Phi) is 4.50. The summed E-state index contributed by atoms with van der Waals surface area (Å²) >= 11 is 0. The number of nitrogens with one attached hydrogen (secondary N) is 2. The average Bonchev–Trinajstić information content (AvgIpc) is 2.87. The quantitative estimate of drug-likeness (QED) is 0.479. The Labute approximate surface area is 139 Å². The fourth-order valence-corrected chi connectivity index (χ4v) is 2.72. The van der Waals surface area contributed by atoms with Gasteiger partial charge in [-0.15, -0.1) is 0 Å². The van der Waals surface area contributed by atoms with E-state index < -0.39 is 35.8 Å². The first-order valence-corrected chi connectivity index (χ1v) is 7.63. The van der Waals surface area contributed by atoms with Gasteiger partial charge >= 0.3 is 12.0 Å². The topological polar surface area (TPSA) is 109 Å². The van der Waals surface area contributed by atoms with Crippen LogP contribution in [0.2, 0.25) is 0 Å². The summed E-state index contributed by atoms with van der Waals surface area (Å²) in [6, 6.07) is -0.607. The number of carbonyl (C=O) groups excluding carboxylic acids is 4. The van der Waals surface area contributed by atoms with Gasteiger partial charge in [0.05, 0.1) is 24.4 Å². The van der Waals surface area contributed by atoms with Crippen LogP contribution in [0.15, 0.2) is 0 Å². The summed E-state index contributed by atoms with van der Waals surface area (Å²) in [6.07, 6.45) is 0. The molecule has 0 bridgehead atoms. The lowest BCUT2D eigenvalue weighted by atomic mass is 10.1. The molecule has 2 N–H and O–H groups in total. The molecule has 8 nitrogen and oxygen atoms in total. The van der Waals surface area contributed by atoms with Gasteiger partial charge in [-0.25, -0.2) is 9.59 Å². The van der Waals surface area contributed by atoms with Crippen molar-refractivity contribution in [1.29, 1.82) is 0 Å². The number of amides is 3. The summed E-state index contributed by atoms with van der Waals surface area (Å²) in [6.45, 7) is 7.95. The number of imide groups is 1. The number of rotatable bonds is 5. The number of aryl methyl sites for hydroxylation is 1. The number of aromatic amines is 1. The summed E-state index contributed by atoms with van der Waals surface area (Å²) in [4.78, 5) is 52.3. The Bertz CT molecular complexity index is 732. The Morgan fingerprint density at radius 2 is 1.83 bits per heavy atom. The normalized spacial score (nSPS) is 16.3. The van der Waals surface area contributed by atoms with Gasteiger partial charge in [0, 0.05) is 5.69 Å². The number of urea groups is 1. The third-order valence-corrected chi connectivity index (χ3v) is 3.94. The molecule has 2 heterocycles. The van der Waals surface area contributed by atoms with E-state index in [1.165, 1.54) is 0 Å². The summed E-state index contributed by atoms with van der Waals surface area (Å²) < 4.78 is 4.98. The van der Waals surface area contributed by atoms with E-state index in [4.69, 9.17) is 4.74 Å². The van der Waals surface area contributed by atoms with Gasteiger partial charge in [-0.2, -0.15) is 0 Å². The number of carbonyl (C=O) groups is 4. The minimum Gasteiger partial charge on any atom is -0.462 e. The molecular formula is C16H21N3O5. The molecule has 1 fully saturated rings. The third-order valence-electron chi connectivity index (χ3n) is 3.94. The first-order chi connectivity index (χ1) is 11.1. The predicted octanol–water partition coefficient (Wildman–Crippen LogP) is 1.32. The van der Waals surface area contributed by atoms with Crippen molar-refractivity contribution < 1.29 is 23.9 Å². The van der Waals surface area contributed by atoms with E-state index in [2.05, 4.69) is 10.3 Å². The second-order valence-corrected chi connectivity index (χ2v) is 6.22. The number of H-pyrrole nitrogens is 1. The summed E-state index contributed by atoms with van der Waals surface area (Å²) in [5.41, 5.74) is 0.418. The molecule has 3 amide bonds. The fourth-order valence-electron chi connectivity index (χ4n) is 2.72. The lowest BCUT2D eigenvalue weighted by Crippen LogP contribution is -2.41. The Morgan fingerprint density at radius 3 is 2.33 bits per heavy atom. The molecule has 0 aliphatic carbocycles. The van der Waals surface area contributed by atoms with E-state index in [1.807, 2.05) is 0 Å². The van der Waals surface area contributed by atoms with Crippen LogP contribution in [0.5, 0.6) is 0 Å². The van der Waals surface area contributed by atoms with E-state index in [1.54, 1.807) is 34.6 Å². The highest BCUT2D eigenvalue weighted by atomic mass is 16.5. The third kappa shape index (κ3) is 2.91. The molecule has 1 aromatic rings. The number of nitrogens with zero attached hydrogens (tertiary/aromatic N) is 1. The largest absolute Gasteiger partial charge is 0.462 e. The molecule has 1 aliphatic rings. The average molecular weight is 335 g/mol. The van der Waals surface area contributed by atoms with Crippen LogP contribution in [0.3, 0.4) is 0 Å². The zero-order valence-corrected chi connectivity index (χ0v) is 14.4. The number of ether oxygens (including phenoxy) is 1. The van der Waals surface area contributed by atoms with E-state index in [9.17, 15) is 19.2 Å². The van der Waals surface area contributed by atoms with E-state index in [0.717, 1.165) is 4.90 Å². The molecule has 8 heteroatoms. The SMILES string of the molecule is CCOC(=O)c1c(C)[nH]c(C(=O)CN2C(=O)NC(C)(C)C2=O)c1C. The van der Waals surface area contributed by atoms with Crippen molar-refractivity contribution in [2.24, 2.45) is 0 Å². The standard InChI is InChI=1S/C16H21N3O5/c1-6-24-13(21)11-8(2)12(17-9(11)3)10(20)7-19-14(22)16(4,5)18-15(19)23/h17H,6-7H2,1-5H3,(H,18,23). The van der Waals surface area contributed by atoms with Crippen molar-refractivity contribution in [3.8, 4) is 0 Å². The van der Waals surface area contributed by atoms with Gasteiger partial charge in [-0.3, -0.25) is 14.5 Å². The van der Waals surface area contributed by atoms with Gasteiger partial charge < -0.3 is 15.0 Å². The molecule has 1 aromatic heterocycles. The molecule has 0 unspecified atom stereocenters. The molecule has 0 atom stereocenters. The molecule has 130 valence electrons. The number of aromatic nitrogens is 1. The Balaban J connectivity index is 2.26. The van der Waals surface area contributed by atoms with Crippen LogP contribution in [0.4, 0.5) is 4.79 Å². The number of hydrogen-bond donors (Lipinski definition) is 2. The van der Waals surface area contributed by atoms with Crippen molar-refractivity contribution in [1.82, 2.24) is 15.2 Å². The molecule has 1 aliphatic heterocycles. The van der Waals surface area contributed by atoms with Crippen molar-refractivity contribution in [2.75, 3.05) is 13.2 Å². The minimum absolute atomic E-state index is 0.195. The molecule has 0 aromatic carbocycles. The van der Waals surface area contributed by atoms with Crippen molar-refractivity contribution in [2.45, 2.75) is 40.2 Å². The maximum Gasteiger partial charge on any atom is 0.340 e. The second-order valence-electron chi connectivity index (χ2n) is 6.22. The zero-order valence-electron chi connectivity index (χ0n) is 14.4. The van der Waals surface area contributed by atoms with Crippen LogP contribution in [0.25, 0.3) is 0 Å². The fraction of sp³-hybridized carbons (Fsp3) is 0.500. The van der Waals surface area contributed by atoms with Crippen LogP contribution in [0, 0.1) is 13.8 Å².